The van der Waals surface area contributed by atoms with Crippen LogP contribution < -0.4 is 0 Å². The molecular formula is C5H2Cl2OS. The third-order valence-corrected chi connectivity index (χ3v) is 2.57. The van der Waals surface area contributed by atoms with Gasteiger partial charge in [-0.05, 0) is 6.07 Å². The number of halogens is 2. The third kappa shape index (κ3) is 1.45. The maximum atomic E-state index is 10.1. The molecule has 0 aliphatic heterocycles. The van der Waals surface area contributed by atoms with E-state index in [0.29, 0.717) is 14.2 Å². The van der Waals surface area contributed by atoms with Gasteiger partial charge in [0.1, 0.15) is 4.34 Å². The first-order chi connectivity index (χ1) is 4.24. The molecule has 9 heavy (non-hydrogen) atoms. The fourth-order valence-corrected chi connectivity index (χ4v) is 1.63. The zero-order chi connectivity index (χ0) is 6.85. The van der Waals surface area contributed by atoms with Gasteiger partial charge in [0, 0.05) is 0 Å². The molecule has 1 aromatic heterocycles. The van der Waals surface area contributed by atoms with Crippen molar-refractivity contribution in [2.45, 2.75) is 0 Å². The Morgan fingerprint density at radius 3 is 2.44 bits per heavy atom. The van der Waals surface area contributed by atoms with E-state index in [1.807, 2.05) is 0 Å². The molecule has 0 N–H and O–H groups in total. The maximum absolute atomic E-state index is 10.1. The second kappa shape index (κ2) is 2.69. The Kier molecular flexibility index (Phi) is 2.11. The van der Waals surface area contributed by atoms with Crippen molar-refractivity contribution in [1.29, 1.82) is 0 Å². The summed E-state index contributed by atoms with van der Waals surface area (Å²) in [5.41, 5.74) is 0. The molecule has 1 nitrogen and oxygen atoms in total. The first-order valence-electron chi connectivity index (χ1n) is 2.14. The van der Waals surface area contributed by atoms with Crippen molar-refractivity contribution in [2.75, 3.05) is 0 Å². The van der Waals surface area contributed by atoms with E-state index in [4.69, 9.17) is 23.2 Å². The van der Waals surface area contributed by atoms with E-state index < -0.39 is 0 Å². The van der Waals surface area contributed by atoms with Crippen LogP contribution in [0.25, 0.3) is 0 Å². The second-order valence-corrected chi connectivity index (χ2v) is 3.48. The molecule has 0 bridgehead atoms. The molecule has 0 atom stereocenters. The minimum absolute atomic E-state index is 0.448. The topological polar surface area (TPSA) is 17.1 Å². The number of thiophene rings is 1. The van der Waals surface area contributed by atoms with Crippen LogP contribution in [0.4, 0.5) is 0 Å². The maximum Gasteiger partial charge on any atom is 0.160 e. The van der Waals surface area contributed by atoms with Crippen molar-refractivity contribution < 1.29 is 4.79 Å². The van der Waals surface area contributed by atoms with Crippen LogP contribution in [0.1, 0.15) is 9.67 Å². The molecule has 4 heteroatoms. The van der Waals surface area contributed by atoms with Crippen molar-refractivity contribution in [3.63, 3.8) is 0 Å². The second-order valence-electron chi connectivity index (χ2n) is 1.39. The summed E-state index contributed by atoms with van der Waals surface area (Å²) in [4.78, 5) is 10.6. The molecule has 1 heterocycles. The Hall–Kier alpha value is -0.0500. The predicted octanol–water partition coefficient (Wildman–Crippen LogP) is 2.87. The average Bonchev–Trinajstić information content (AvgIpc) is 2.13. The van der Waals surface area contributed by atoms with Gasteiger partial charge < -0.3 is 0 Å². The van der Waals surface area contributed by atoms with Crippen molar-refractivity contribution in [3.8, 4) is 0 Å². The molecule has 0 aromatic carbocycles. The minimum Gasteiger partial charge on any atom is -0.297 e. The van der Waals surface area contributed by atoms with Crippen LogP contribution in [-0.4, -0.2) is 6.29 Å². The molecule has 1 rings (SSSR count). The molecule has 0 spiro atoms. The van der Waals surface area contributed by atoms with Crippen LogP contribution >= 0.6 is 34.5 Å². The Morgan fingerprint density at radius 1 is 1.56 bits per heavy atom. The number of carbonyl (C=O) groups excluding carboxylic acids is 1. The lowest BCUT2D eigenvalue weighted by atomic mass is 10.5. The first-order valence-corrected chi connectivity index (χ1v) is 3.71. The fourth-order valence-electron chi connectivity index (χ4n) is 0.421. The number of aldehydes is 1. The molecular weight excluding hydrogens is 179 g/mol. The Balaban J connectivity index is 3.11. The van der Waals surface area contributed by atoms with Crippen molar-refractivity contribution in [3.05, 3.63) is 20.3 Å². The van der Waals surface area contributed by atoms with Gasteiger partial charge in [-0.15, -0.1) is 11.3 Å². The van der Waals surface area contributed by atoms with Gasteiger partial charge in [0.05, 0.1) is 9.90 Å². The Labute approximate surface area is 66.2 Å². The van der Waals surface area contributed by atoms with E-state index in [9.17, 15) is 4.79 Å². The molecule has 0 radical (unpaired) electrons. The highest BCUT2D eigenvalue weighted by Crippen LogP contribution is 2.30. The Morgan fingerprint density at radius 2 is 2.22 bits per heavy atom. The normalized spacial score (nSPS) is 9.56. The van der Waals surface area contributed by atoms with Gasteiger partial charge in [-0.2, -0.15) is 0 Å². The van der Waals surface area contributed by atoms with E-state index in [1.165, 1.54) is 11.3 Å². The molecule has 0 aliphatic carbocycles. The summed E-state index contributed by atoms with van der Waals surface area (Å²) in [6.07, 6.45) is 0.725. The number of carbonyl (C=O) groups is 1. The molecule has 1 aromatic rings. The zero-order valence-corrected chi connectivity index (χ0v) is 6.56. The summed E-state index contributed by atoms with van der Waals surface area (Å²) in [7, 11) is 0. The van der Waals surface area contributed by atoms with Gasteiger partial charge in [0.2, 0.25) is 0 Å². The summed E-state index contributed by atoms with van der Waals surface area (Å²) in [6.45, 7) is 0. The Bertz CT molecular complexity index is 211. The van der Waals surface area contributed by atoms with Crippen LogP contribution in [0, 0.1) is 0 Å². The van der Waals surface area contributed by atoms with E-state index >= 15 is 0 Å². The molecule has 0 saturated carbocycles. The molecule has 0 aliphatic rings. The zero-order valence-electron chi connectivity index (χ0n) is 4.23. The highest BCUT2D eigenvalue weighted by molar-refractivity contribution is 7.18. The summed E-state index contributed by atoms with van der Waals surface area (Å²) in [5, 5.41) is 0.448. The molecule has 0 unspecified atom stereocenters. The molecule has 0 amide bonds. The highest BCUT2D eigenvalue weighted by Gasteiger charge is 2.01. The van der Waals surface area contributed by atoms with Crippen LogP contribution in [0.2, 0.25) is 9.36 Å². The SMILES string of the molecule is O=Cc1cc(Cl)c(Cl)s1. The van der Waals surface area contributed by atoms with Crippen molar-refractivity contribution >= 4 is 40.8 Å². The number of hydrogen-bond donors (Lipinski definition) is 0. The van der Waals surface area contributed by atoms with Crippen LogP contribution in [0.5, 0.6) is 0 Å². The molecule has 0 fully saturated rings. The van der Waals surface area contributed by atoms with E-state index in [-0.39, 0.29) is 0 Å². The summed E-state index contributed by atoms with van der Waals surface area (Å²) in [5.74, 6) is 0. The number of hydrogen-bond acceptors (Lipinski definition) is 2. The monoisotopic (exact) mass is 180 g/mol. The van der Waals surface area contributed by atoms with Crippen molar-refractivity contribution in [2.24, 2.45) is 0 Å². The van der Waals surface area contributed by atoms with Gasteiger partial charge in [0.25, 0.3) is 0 Å². The standard InChI is InChI=1S/C5H2Cl2OS/c6-4-1-3(2-8)9-5(4)7/h1-2H. The van der Waals surface area contributed by atoms with Crippen LogP contribution in [-0.2, 0) is 0 Å². The van der Waals surface area contributed by atoms with Crippen LogP contribution in [0.15, 0.2) is 6.07 Å². The van der Waals surface area contributed by atoms with Gasteiger partial charge in [-0.25, -0.2) is 0 Å². The quantitative estimate of drug-likeness (QED) is 0.608. The summed E-state index contributed by atoms with van der Waals surface area (Å²) >= 11 is 12.2. The highest BCUT2D eigenvalue weighted by atomic mass is 35.5. The fraction of sp³-hybridized carbons (Fsp3) is 0. The predicted molar refractivity (Wildman–Crippen MR) is 39.7 cm³/mol. The van der Waals surface area contributed by atoms with Crippen LogP contribution in [0.3, 0.4) is 0 Å². The first kappa shape index (κ1) is 7.06. The average molecular weight is 181 g/mol. The van der Waals surface area contributed by atoms with Gasteiger partial charge in [-0.3, -0.25) is 4.79 Å². The number of rotatable bonds is 1. The smallest absolute Gasteiger partial charge is 0.160 e. The molecule has 0 saturated heterocycles. The van der Waals surface area contributed by atoms with Gasteiger partial charge >= 0.3 is 0 Å². The van der Waals surface area contributed by atoms with E-state index in [0.717, 1.165) is 6.29 Å². The van der Waals surface area contributed by atoms with E-state index in [1.54, 1.807) is 6.07 Å². The van der Waals surface area contributed by atoms with Gasteiger partial charge in [-0.1, -0.05) is 23.2 Å². The summed E-state index contributed by atoms with van der Waals surface area (Å²) in [6, 6.07) is 1.54. The lowest BCUT2D eigenvalue weighted by Gasteiger charge is -1.73. The summed E-state index contributed by atoms with van der Waals surface area (Å²) < 4.78 is 0.471. The van der Waals surface area contributed by atoms with E-state index in [2.05, 4.69) is 0 Å². The third-order valence-electron chi connectivity index (χ3n) is 0.780. The minimum atomic E-state index is 0.448. The van der Waals surface area contributed by atoms with Crippen molar-refractivity contribution in [1.82, 2.24) is 0 Å². The molecule has 48 valence electrons. The largest absolute Gasteiger partial charge is 0.297 e. The lowest BCUT2D eigenvalue weighted by Crippen LogP contribution is -1.62. The van der Waals surface area contributed by atoms with Gasteiger partial charge in [0.15, 0.2) is 6.29 Å². The lowest BCUT2D eigenvalue weighted by molar-refractivity contribution is 0.112.